The van der Waals surface area contributed by atoms with Gasteiger partial charge in [-0.05, 0) is 39.8 Å². The molecule has 2 aliphatic rings. The lowest BCUT2D eigenvalue weighted by Crippen LogP contribution is -2.51. The zero-order valence-corrected chi connectivity index (χ0v) is 20.3. The van der Waals surface area contributed by atoms with Crippen LogP contribution >= 0.6 is 11.6 Å². The van der Waals surface area contributed by atoms with Crippen LogP contribution in [0, 0.1) is 24.4 Å². The number of aryl methyl sites for hydroxylation is 1. The maximum atomic E-state index is 14.8. The van der Waals surface area contributed by atoms with Gasteiger partial charge in [-0.1, -0.05) is 11.6 Å². The number of hydrogen-bond acceptors (Lipinski definition) is 5. The van der Waals surface area contributed by atoms with Crippen molar-refractivity contribution in [3.63, 3.8) is 0 Å². The van der Waals surface area contributed by atoms with Crippen LogP contribution in [0.25, 0.3) is 0 Å². The Hall–Kier alpha value is -2.90. The summed E-state index contributed by atoms with van der Waals surface area (Å²) in [6.07, 6.45) is -6.92. The minimum atomic E-state index is -5.25. The topological polar surface area (TPSA) is 72.0 Å². The molecule has 3 heterocycles. The van der Waals surface area contributed by atoms with Crippen molar-refractivity contribution in [1.82, 2.24) is 4.98 Å². The molecule has 0 unspecified atom stereocenters. The molecule has 14 heteroatoms. The lowest BCUT2D eigenvalue weighted by atomic mass is 9.97. The summed E-state index contributed by atoms with van der Waals surface area (Å²) < 4.78 is 119. The van der Waals surface area contributed by atoms with Crippen molar-refractivity contribution in [3.05, 3.63) is 51.9 Å². The number of amides is 2. The average Bonchev–Trinajstić information content (AvgIpc) is 3.15. The Morgan fingerprint density at radius 3 is 2.43 bits per heavy atom. The third-order valence-electron chi connectivity index (χ3n) is 5.99. The molecule has 37 heavy (non-hydrogen) atoms. The van der Waals surface area contributed by atoms with Crippen LogP contribution in [0.2, 0.25) is 5.02 Å². The molecular formula is C23H20ClF6N3O4. The Morgan fingerprint density at radius 1 is 1.19 bits per heavy atom. The number of halogens is 7. The third-order valence-corrected chi connectivity index (χ3v) is 6.28. The van der Waals surface area contributed by atoms with Crippen molar-refractivity contribution >= 4 is 34.9 Å². The normalized spacial score (nSPS) is 26.5. The van der Waals surface area contributed by atoms with Crippen LogP contribution < -0.4 is 9.80 Å². The molecule has 0 aliphatic carbocycles. The standard InChI is InChI=1S/C23H20ClF6N3O4/c1-9-16(27)10(23(28,29)30)6-15(31-9)33-17(18-22(4,20(33)35)37-21(2,3)36-18)19(34)32(5)14-7-11(24)12(25)8-13(14)26/h6-8,17-18H,1-5H3/t17-,18-,22-/m0/s1/i5D3. The van der Waals surface area contributed by atoms with Crippen molar-refractivity contribution in [1.29, 1.82) is 0 Å². The predicted octanol–water partition coefficient (Wildman–Crippen LogP) is 4.77. The first kappa shape index (κ1) is 23.2. The third kappa shape index (κ3) is 4.32. The molecule has 2 aliphatic heterocycles. The first-order valence-corrected chi connectivity index (χ1v) is 10.9. The highest BCUT2D eigenvalue weighted by Crippen LogP contribution is 2.47. The predicted molar refractivity (Wildman–Crippen MR) is 118 cm³/mol. The maximum absolute atomic E-state index is 14.8. The summed E-state index contributed by atoms with van der Waals surface area (Å²) in [7, 11) is 0. The molecule has 7 nitrogen and oxygen atoms in total. The Balaban J connectivity index is 1.97. The first-order chi connectivity index (χ1) is 18.1. The summed E-state index contributed by atoms with van der Waals surface area (Å²) in [5.74, 6) is -9.71. The molecule has 0 bridgehead atoms. The van der Waals surface area contributed by atoms with Gasteiger partial charge < -0.3 is 14.4 Å². The Labute approximate surface area is 216 Å². The number of fused-ring (bicyclic) bond motifs is 1. The van der Waals surface area contributed by atoms with E-state index in [1.165, 1.54) is 13.8 Å². The number of alkyl halides is 3. The molecule has 2 saturated heterocycles. The van der Waals surface area contributed by atoms with E-state index in [0.717, 1.165) is 13.8 Å². The van der Waals surface area contributed by atoms with Gasteiger partial charge in [0.2, 0.25) is 0 Å². The Morgan fingerprint density at radius 2 is 1.84 bits per heavy atom. The first-order valence-electron chi connectivity index (χ1n) is 12.0. The van der Waals surface area contributed by atoms with E-state index in [1.807, 2.05) is 0 Å². The fourth-order valence-electron chi connectivity index (χ4n) is 4.43. The number of pyridine rings is 1. The van der Waals surface area contributed by atoms with Gasteiger partial charge in [0, 0.05) is 17.2 Å². The number of likely N-dealkylation sites (N-methyl/N-ethyl adjacent to an activating group) is 1. The largest absolute Gasteiger partial charge is 0.419 e. The van der Waals surface area contributed by atoms with Crippen molar-refractivity contribution < 1.29 is 49.5 Å². The van der Waals surface area contributed by atoms with E-state index in [4.69, 9.17) is 25.2 Å². The van der Waals surface area contributed by atoms with Crippen molar-refractivity contribution in [2.24, 2.45) is 0 Å². The zero-order chi connectivity index (χ0) is 30.3. The number of hydrogen-bond donors (Lipinski definition) is 0. The van der Waals surface area contributed by atoms with Gasteiger partial charge >= 0.3 is 6.18 Å². The second kappa shape index (κ2) is 8.57. The highest BCUT2D eigenvalue weighted by molar-refractivity contribution is 6.31. The molecule has 0 radical (unpaired) electrons. The van der Waals surface area contributed by atoms with Gasteiger partial charge in [0.15, 0.2) is 17.2 Å². The summed E-state index contributed by atoms with van der Waals surface area (Å²) in [6.45, 7) is 1.27. The minimum absolute atomic E-state index is 0.0972. The Bertz CT molecular complexity index is 1420. The van der Waals surface area contributed by atoms with Crippen LogP contribution in [0.3, 0.4) is 0 Å². The number of rotatable bonds is 3. The molecule has 0 saturated carbocycles. The SMILES string of the molecule is [2H]C([2H])([2H])N(C(=O)[C@@H]1[C@@H]2OC(C)(C)O[C@]2(C)C(=O)N1c1cc(C(F)(F)F)c(F)c(C)n1)c1cc(Cl)c(F)cc1F. The van der Waals surface area contributed by atoms with E-state index in [-0.39, 0.29) is 17.0 Å². The zero-order valence-electron chi connectivity index (χ0n) is 22.5. The minimum Gasteiger partial charge on any atom is -0.341 e. The molecule has 0 N–H and O–H groups in total. The number of carbonyl (C=O) groups excluding carboxylic acids is 2. The van der Waals surface area contributed by atoms with Gasteiger partial charge in [-0.2, -0.15) is 13.2 Å². The lowest BCUT2D eigenvalue weighted by molar-refractivity contribution is -0.173. The van der Waals surface area contributed by atoms with Gasteiger partial charge in [0.1, 0.15) is 29.6 Å². The second-order valence-electron chi connectivity index (χ2n) is 9.08. The average molecular weight is 555 g/mol. The van der Waals surface area contributed by atoms with Gasteiger partial charge in [-0.15, -0.1) is 0 Å². The number of carbonyl (C=O) groups is 2. The smallest absolute Gasteiger partial charge is 0.341 e. The highest BCUT2D eigenvalue weighted by Gasteiger charge is 2.68. The summed E-state index contributed by atoms with van der Waals surface area (Å²) >= 11 is 5.71. The number of ether oxygens (including phenoxy) is 2. The van der Waals surface area contributed by atoms with E-state index in [9.17, 15) is 35.9 Å². The molecule has 2 amide bonds. The van der Waals surface area contributed by atoms with Crippen LogP contribution in [-0.2, 0) is 25.2 Å². The number of aromatic nitrogens is 1. The molecule has 4 rings (SSSR count). The van der Waals surface area contributed by atoms with Crippen LogP contribution in [-0.4, -0.2) is 47.3 Å². The van der Waals surface area contributed by atoms with E-state index < -0.39 is 93.7 Å². The van der Waals surface area contributed by atoms with Gasteiger partial charge in [0.05, 0.1) is 22.0 Å². The molecule has 3 atom stereocenters. The molecule has 2 fully saturated rings. The molecule has 2 aromatic rings. The summed E-state index contributed by atoms with van der Waals surface area (Å²) in [4.78, 5) is 31.7. The maximum Gasteiger partial charge on any atom is 0.419 e. The number of nitrogens with zero attached hydrogens (tertiary/aromatic N) is 3. The summed E-state index contributed by atoms with van der Waals surface area (Å²) in [6, 6.07) is -1.20. The number of anilines is 2. The molecule has 0 spiro atoms. The van der Waals surface area contributed by atoms with Crippen LogP contribution in [0.15, 0.2) is 18.2 Å². The van der Waals surface area contributed by atoms with E-state index in [2.05, 4.69) is 4.98 Å². The van der Waals surface area contributed by atoms with Crippen molar-refractivity contribution in [2.75, 3.05) is 16.8 Å². The molecule has 1 aromatic heterocycles. The van der Waals surface area contributed by atoms with E-state index in [1.54, 1.807) is 0 Å². The molecule has 1 aromatic carbocycles. The van der Waals surface area contributed by atoms with Gasteiger partial charge in [-0.25, -0.2) is 18.2 Å². The quantitative estimate of drug-likeness (QED) is 0.404. The van der Waals surface area contributed by atoms with Gasteiger partial charge in [-0.3, -0.25) is 14.5 Å². The van der Waals surface area contributed by atoms with Crippen LogP contribution in [0.4, 0.5) is 37.8 Å². The fraction of sp³-hybridized carbons (Fsp3) is 0.435. The lowest BCUT2D eigenvalue weighted by Gasteiger charge is -2.31. The highest BCUT2D eigenvalue weighted by atomic mass is 35.5. The molecular weight excluding hydrogens is 532 g/mol. The number of benzene rings is 1. The fourth-order valence-corrected chi connectivity index (χ4v) is 4.59. The van der Waals surface area contributed by atoms with Crippen LogP contribution in [0.5, 0.6) is 0 Å². The van der Waals surface area contributed by atoms with Gasteiger partial charge in [0.25, 0.3) is 11.8 Å². The summed E-state index contributed by atoms with van der Waals surface area (Å²) in [5.41, 5.74) is -5.71. The second-order valence-corrected chi connectivity index (χ2v) is 9.49. The van der Waals surface area contributed by atoms with Crippen molar-refractivity contribution in [3.8, 4) is 0 Å². The van der Waals surface area contributed by atoms with Crippen LogP contribution in [0.1, 0.15) is 36.1 Å². The van der Waals surface area contributed by atoms with Crippen molar-refractivity contribution in [2.45, 2.75) is 57.4 Å². The monoisotopic (exact) mass is 554 g/mol. The Kier molecular flexibility index (Phi) is 5.38. The van der Waals surface area contributed by atoms with E-state index >= 15 is 0 Å². The van der Waals surface area contributed by atoms with E-state index in [0.29, 0.717) is 11.0 Å². The summed E-state index contributed by atoms with van der Waals surface area (Å²) in [5, 5.41) is -0.755. The molecule has 200 valence electrons.